The molecule has 0 spiro atoms. The molecule has 318 valence electrons. The second-order valence-corrected chi connectivity index (χ2v) is 18.1. The Kier molecular flexibility index (Phi) is 15.8. The summed E-state index contributed by atoms with van der Waals surface area (Å²) >= 11 is 4.74. The number of carbonyl (C=O) groups is 3. The minimum absolute atomic E-state index is 0.0825. The zero-order valence-corrected chi connectivity index (χ0v) is 38.1. The first-order chi connectivity index (χ1) is 30.3. The highest BCUT2D eigenvalue weighted by Crippen LogP contribution is 2.43. The van der Waals surface area contributed by atoms with Crippen LogP contribution in [0.25, 0.3) is 31.9 Å². The molecule has 7 rings (SSSR count). The van der Waals surface area contributed by atoms with E-state index in [1.54, 1.807) is 29.8 Å². The van der Waals surface area contributed by atoms with Gasteiger partial charge in [-0.15, -0.1) is 27.7 Å². The number of rotatable bonds is 18. The van der Waals surface area contributed by atoms with Gasteiger partial charge in [-0.3, -0.25) is 9.59 Å². The Morgan fingerprint density at radius 2 is 1.16 bits per heavy atom. The van der Waals surface area contributed by atoms with Crippen LogP contribution in [0.4, 0.5) is 0 Å². The van der Waals surface area contributed by atoms with Crippen molar-refractivity contribution in [2.24, 2.45) is 0 Å². The third-order valence-corrected chi connectivity index (χ3v) is 13.7. The molecule has 8 nitrogen and oxygen atoms in total. The maximum absolute atomic E-state index is 12.2. The van der Waals surface area contributed by atoms with Crippen molar-refractivity contribution >= 4 is 63.2 Å². The molecule has 1 aliphatic rings. The fourth-order valence-corrected chi connectivity index (χ4v) is 10.2. The Hall–Kier alpha value is -5.59. The molecule has 3 aromatic heterocycles. The number of hydroxylamine groups is 2. The minimum atomic E-state index is -0.579. The topological polar surface area (TPSA) is 98.7 Å². The van der Waals surface area contributed by atoms with Gasteiger partial charge in [0.05, 0.1) is 28.6 Å². The monoisotopic (exact) mass is 881 g/mol. The Bertz CT molecular complexity index is 2620. The van der Waals surface area contributed by atoms with Gasteiger partial charge in [0.2, 0.25) is 0 Å². The van der Waals surface area contributed by atoms with Crippen LogP contribution in [0.3, 0.4) is 0 Å². The summed E-state index contributed by atoms with van der Waals surface area (Å²) in [6.07, 6.45) is 12.9. The molecule has 4 heterocycles. The summed E-state index contributed by atoms with van der Waals surface area (Å²) in [5.74, 6) is 12.9. The predicted octanol–water partition coefficient (Wildman–Crippen LogP) is 12.1. The van der Waals surface area contributed by atoms with Crippen LogP contribution >= 0.6 is 34.4 Å². The second-order valence-electron chi connectivity index (χ2n) is 15.5. The van der Waals surface area contributed by atoms with Crippen LogP contribution in [-0.4, -0.2) is 38.7 Å². The number of nitrogens with zero attached hydrogens (tertiary/aromatic N) is 3. The molecule has 0 radical (unpaired) electrons. The molecule has 1 aliphatic heterocycles. The maximum Gasteiger partial charge on any atom is 0.333 e. The second kappa shape index (κ2) is 22.0. The molecule has 11 heteroatoms. The van der Waals surface area contributed by atoms with Crippen LogP contribution in [0, 0.1) is 23.7 Å². The van der Waals surface area contributed by atoms with Crippen molar-refractivity contribution in [1.82, 2.24) is 13.8 Å². The van der Waals surface area contributed by atoms with E-state index in [4.69, 9.17) is 18.3 Å². The molecule has 3 aromatic carbocycles. The van der Waals surface area contributed by atoms with Gasteiger partial charge in [0.1, 0.15) is 16.8 Å². The van der Waals surface area contributed by atoms with Gasteiger partial charge in [-0.1, -0.05) is 100 Å². The molecule has 2 amide bonds. The number of amides is 2. The van der Waals surface area contributed by atoms with Gasteiger partial charge in [0, 0.05) is 51.3 Å². The third kappa shape index (κ3) is 11.5. The lowest BCUT2D eigenvalue weighted by Gasteiger charge is -2.12. The van der Waals surface area contributed by atoms with Gasteiger partial charge in [-0.2, -0.15) is 8.75 Å². The number of aromatic nitrogens is 2. The van der Waals surface area contributed by atoms with Crippen molar-refractivity contribution in [1.29, 1.82) is 0 Å². The fourth-order valence-electron chi connectivity index (χ4n) is 7.46. The standard InChI is InChI=1S/C51H51N3O5S3/c1-4-6-8-10-14-38-33-41(27-23-36-19-17-35(18-20-36)13-12-16-47(57)59-54-45(55)31-32-46(54)56)60-50(38)43-29-30-44(49-48(43)52-62-53-49)51-39(15-11-9-7-5-2)34-42(61-51)28-24-37-21-25-40(58-3)26-22-37/h17-22,25-26,29-30,33-34H,4-16,31-32H2,1-3H3. The number of ether oxygens (including phenoxy) is 1. The van der Waals surface area contributed by atoms with Crippen LogP contribution in [0.2, 0.25) is 0 Å². The summed E-state index contributed by atoms with van der Waals surface area (Å²) in [6, 6.07) is 25.0. The Morgan fingerprint density at radius 1 is 0.645 bits per heavy atom. The summed E-state index contributed by atoms with van der Waals surface area (Å²) in [4.78, 5) is 45.2. The molecule has 0 unspecified atom stereocenters. The van der Waals surface area contributed by atoms with E-state index >= 15 is 0 Å². The molecule has 1 saturated heterocycles. The molecule has 0 bridgehead atoms. The zero-order chi connectivity index (χ0) is 43.3. The van der Waals surface area contributed by atoms with E-state index in [1.807, 2.05) is 48.5 Å². The Morgan fingerprint density at radius 3 is 1.66 bits per heavy atom. The van der Waals surface area contributed by atoms with E-state index < -0.39 is 17.8 Å². The number of fused-ring (bicyclic) bond motifs is 1. The van der Waals surface area contributed by atoms with Gasteiger partial charge in [0.25, 0.3) is 11.8 Å². The SMILES string of the molecule is CCCCCCc1cc(C#Cc2ccc(CCCC(=O)ON3C(=O)CCC3=O)cc2)sc1-c1ccc(-c2sc(C#Cc3ccc(OC)cc3)cc2CCCCCC)c2nsnc12. The Balaban J connectivity index is 1.11. The number of hydrogen-bond donors (Lipinski definition) is 0. The number of unbranched alkanes of at least 4 members (excludes halogenated alkanes) is 6. The van der Waals surface area contributed by atoms with Crippen LogP contribution in [0.5, 0.6) is 5.75 Å². The number of imide groups is 1. The lowest BCUT2D eigenvalue weighted by molar-refractivity contribution is -0.197. The van der Waals surface area contributed by atoms with Gasteiger partial charge in [-0.25, -0.2) is 4.79 Å². The van der Waals surface area contributed by atoms with Crippen LogP contribution < -0.4 is 4.74 Å². The predicted molar refractivity (Wildman–Crippen MR) is 251 cm³/mol. The van der Waals surface area contributed by atoms with Crippen molar-refractivity contribution in [2.45, 2.75) is 110 Å². The lowest BCUT2D eigenvalue weighted by Crippen LogP contribution is -2.31. The highest BCUT2D eigenvalue weighted by atomic mass is 32.1. The van der Waals surface area contributed by atoms with Crippen molar-refractivity contribution in [2.75, 3.05) is 7.11 Å². The lowest BCUT2D eigenvalue weighted by atomic mass is 9.98. The van der Waals surface area contributed by atoms with Crippen molar-refractivity contribution in [3.63, 3.8) is 0 Å². The first-order valence-electron chi connectivity index (χ1n) is 21.7. The number of thiophene rings is 2. The van der Waals surface area contributed by atoms with E-state index in [0.717, 1.165) is 80.0 Å². The van der Waals surface area contributed by atoms with Crippen molar-refractivity contribution in [3.05, 3.63) is 110 Å². The fraction of sp³-hybridized carbons (Fsp3) is 0.353. The minimum Gasteiger partial charge on any atom is -0.497 e. The quantitative estimate of drug-likeness (QED) is 0.0481. The smallest absolute Gasteiger partial charge is 0.333 e. The van der Waals surface area contributed by atoms with Crippen LogP contribution in [0.1, 0.15) is 128 Å². The number of hydrogen-bond acceptors (Lipinski definition) is 10. The third-order valence-electron chi connectivity index (χ3n) is 10.9. The highest BCUT2D eigenvalue weighted by molar-refractivity contribution is 7.17. The van der Waals surface area contributed by atoms with E-state index in [-0.39, 0.29) is 19.3 Å². The number of benzene rings is 3. The first kappa shape index (κ1) is 44.5. The summed E-state index contributed by atoms with van der Waals surface area (Å²) in [5, 5.41) is 0.601. The number of aryl methyl sites for hydroxylation is 3. The molecule has 6 aromatic rings. The average Bonchev–Trinajstić information content (AvgIpc) is 4.10. The molecule has 62 heavy (non-hydrogen) atoms. The van der Waals surface area contributed by atoms with E-state index in [9.17, 15) is 14.4 Å². The zero-order valence-electron chi connectivity index (χ0n) is 35.6. The van der Waals surface area contributed by atoms with Gasteiger partial charge < -0.3 is 9.57 Å². The summed E-state index contributed by atoms with van der Waals surface area (Å²) in [6.45, 7) is 4.49. The van der Waals surface area contributed by atoms with E-state index in [1.165, 1.54) is 71.1 Å². The Labute approximate surface area is 377 Å². The summed E-state index contributed by atoms with van der Waals surface area (Å²) < 4.78 is 15.2. The van der Waals surface area contributed by atoms with Gasteiger partial charge in [-0.05, 0) is 104 Å². The molecule has 1 fully saturated rings. The molecular weight excluding hydrogens is 831 g/mol. The number of methoxy groups -OCH3 is 1. The maximum atomic E-state index is 12.2. The summed E-state index contributed by atoms with van der Waals surface area (Å²) in [7, 11) is 1.67. The van der Waals surface area contributed by atoms with E-state index in [2.05, 4.69) is 61.8 Å². The van der Waals surface area contributed by atoms with Crippen LogP contribution in [-0.2, 0) is 38.5 Å². The van der Waals surface area contributed by atoms with Crippen molar-refractivity contribution < 1.29 is 24.0 Å². The molecule has 0 aliphatic carbocycles. The number of carbonyl (C=O) groups excluding carboxylic acids is 3. The van der Waals surface area contributed by atoms with E-state index in [0.29, 0.717) is 17.9 Å². The largest absolute Gasteiger partial charge is 0.497 e. The highest BCUT2D eigenvalue weighted by Gasteiger charge is 2.32. The van der Waals surface area contributed by atoms with Crippen molar-refractivity contribution in [3.8, 4) is 50.3 Å². The van der Waals surface area contributed by atoms with Crippen LogP contribution in [0.15, 0.2) is 72.8 Å². The van der Waals surface area contributed by atoms with Gasteiger partial charge in [0.15, 0.2) is 0 Å². The van der Waals surface area contributed by atoms with Gasteiger partial charge >= 0.3 is 5.97 Å². The first-order valence-corrected chi connectivity index (χ1v) is 24.0. The normalized spacial score (nSPS) is 12.3. The molecule has 0 saturated carbocycles. The average molecular weight is 882 g/mol. The molecule has 0 atom stereocenters. The molecule has 0 N–H and O–H groups in total. The summed E-state index contributed by atoms with van der Waals surface area (Å²) in [5.41, 5.74) is 9.63. The molecular formula is C51H51N3O5S3.